The predicted octanol–water partition coefficient (Wildman–Crippen LogP) is 4.22. The molecule has 0 fully saturated rings. The summed E-state index contributed by atoms with van der Waals surface area (Å²) in [6.45, 7) is 2.09. The molecule has 3 heteroatoms. The van der Waals surface area contributed by atoms with Crippen LogP contribution in [0.2, 0.25) is 0 Å². The van der Waals surface area contributed by atoms with Crippen molar-refractivity contribution in [2.45, 2.75) is 39.0 Å². The van der Waals surface area contributed by atoms with Gasteiger partial charge in [-0.1, -0.05) is 29.5 Å². The Morgan fingerprint density at radius 3 is 2.58 bits per heavy atom. The molecule has 0 N–H and O–H groups in total. The summed E-state index contributed by atoms with van der Waals surface area (Å²) in [5.74, 6) is 1.42. The van der Waals surface area contributed by atoms with E-state index in [1.165, 1.54) is 24.0 Å². The van der Waals surface area contributed by atoms with Gasteiger partial charge >= 0.3 is 0 Å². The number of halogens is 1. The molecule has 0 saturated carbocycles. The number of carbonyl (C=O) groups is 1. The summed E-state index contributed by atoms with van der Waals surface area (Å²) in [6.07, 6.45) is 5.36. The highest BCUT2D eigenvalue weighted by atomic mass is 127. The number of rotatable bonds is 5. The van der Waals surface area contributed by atoms with Crippen LogP contribution in [0.5, 0.6) is 5.75 Å². The maximum atomic E-state index is 12.6. The van der Waals surface area contributed by atoms with Crippen LogP contribution in [0.4, 0.5) is 0 Å². The van der Waals surface area contributed by atoms with Crippen molar-refractivity contribution in [2.24, 2.45) is 5.92 Å². The largest absolute Gasteiger partial charge is 0.496 e. The highest BCUT2D eigenvalue weighted by Gasteiger charge is 2.24. The molecule has 19 heavy (non-hydrogen) atoms. The summed E-state index contributed by atoms with van der Waals surface area (Å²) in [7, 11) is 1.71. The van der Waals surface area contributed by atoms with Gasteiger partial charge in [-0.05, 0) is 55.4 Å². The van der Waals surface area contributed by atoms with Crippen LogP contribution < -0.4 is 4.74 Å². The number of Topliss-reactive ketones (excluding diaryl/α,β-unsaturated/α-hetero) is 1. The Labute approximate surface area is 129 Å². The lowest BCUT2D eigenvalue weighted by Gasteiger charge is -2.23. The minimum absolute atomic E-state index is 0.153. The van der Waals surface area contributed by atoms with E-state index in [1.54, 1.807) is 7.11 Å². The normalized spacial score (nSPS) is 15.7. The van der Waals surface area contributed by atoms with Crippen LogP contribution in [0.3, 0.4) is 0 Å². The van der Waals surface area contributed by atoms with E-state index in [-0.39, 0.29) is 5.92 Å². The lowest BCUT2D eigenvalue weighted by Crippen LogP contribution is -2.19. The third-order valence-electron chi connectivity index (χ3n) is 4.03. The second kappa shape index (κ2) is 6.73. The number of ketones is 1. The second-order valence-corrected chi connectivity index (χ2v) is 5.98. The maximum absolute atomic E-state index is 12.6. The minimum Gasteiger partial charge on any atom is -0.496 e. The van der Waals surface area contributed by atoms with Gasteiger partial charge in [-0.15, -0.1) is 0 Å². The van der Waals surface area contributed by atoms with Crippen LogP contribution in [0.25, 0.3) is 0 Å². The molecule has 2 rings (SSSR count). The second-order valence-electron chi connectivity index (χ2n) is 5.10. The smallest absolute Gasteiger partial charge is 0.166 e. The molecule has 0 amide bonds. The number of carbonyl (C=O) groups excluding carboxylic acids is 1. The van der Waals surface area contributed by atoms with Gasteiger partial charge in [-0.3, -0.25) is 4.79 Å². The van der Waals surface area contributed by atoms with E-state index in [9.17, 15) is 4.79 Å². The summed E-state index contributed by atoms with van der Waals surface area (Å²) >= 11 is 2.32. The Kier molecular flexibility index (Phi) is 5.25. The third kappa shape index (κ3) is 2.96. The van der Waals surface area contributed by atoms with E-state index in [4.69, 9.17) is 4.74 Å². The Hall–Kier alpha value is -0.580. The molecule has 0 saturated heterocycles. The molecule has 104 valence electrons. The van der Waals surface area contributed by atoms with Crippen LogP contribution in [0.1, 0.15) is 47.7 Å². The Bertz CT molecular complexity index is 464. The molecule has 0 bridgehead atoms. The molecule has 1 aromatic carbocycles. The fourth-order valence-corrected chi connectivity index (χ4v) is 3.86. The average Bonchev–Trinajstić information content (AvgIpc) is 2.47. The molecule has 2 nitrogen and oxygen atoms in total. The van der Waals surface area contributed by atoms with Gasteiger partial charge < -0.3 is 4.74 Å². The van der Waals surface area contributed by atoms with E-state index in [0.29, 0.717) is 5.78 Å². The van der Waals surface area contributed by atoms with E-state index in [0.717, 1.165) is 35.0 Å². The van der Waals surface area contributed by atoms with Crippen LogP contribution >= 0.6 is 22.6 Å². The number of fused-ring (bicyclic) bond motifs is 1. The quantitative estimate of drug-likeness (QED) is 0.440. The molecule has 0 radical (unpaired) electrons. The third-order valence-corrected chi connectivity index (χ3v) is 5.09. The summed E-state index contributed by atoms with van der Waals surface area (Å²) in [5, 5.41) is 0. The first kappa shape index (κ1) is 14.8. The van der Waals surface area contributed by atoms with Crippen molar-refractivity contribution < 1.29 is 9.53 Å². The zero-order chi connectivity index (χ0) is 13.8. The van der Waals surface area contributed by atoms with Gasteiger partial charge in [0.1, 0.15) is 5.75 Å². The fourth-order valence-electron chi connectivity index (χ4n) is 2.84. The molecular weight excluding hydrogens is 351 g/mol. The molecule has 1 unspecified atom stereocenters. The number of hydrogen-bond acceptors (Lipinski definition) is 2. The van der Waals surface area contributed by atoms with Gasteiger partial charge in [-0.2, -0.15) is 0 Å². The van der Waals surface area contributed by atoms with Gasteiger partial charge in [0.05, 0.1) is 7.11 Å². The van der Waals surface area contributed by atoms with Gasteiger partial charge in [0.15, 0.2) is 5.78 Å². The highest BCUT2D eigenvalue weighted by molar-refractivity contribution is 14.1. The molecule has 0 aromatic heterocycles. The van der Waals surface area contributed by atoms with E-state index < -0.39 is 0 Å². The molecule has 0 aliphatic heterocycles. The number of ether oxygens (including phenoxy) is 1. The van der Waals surface area contributed by atoms with Crippen LogP contribution in [-0.2, 0) is 12.8 Å². The molecule has 1 aromatic rings. The zero-order valence-electron chi connectivity index (χ0n) is 11.7. The van der Waals surface area contributed by atoms with E-state index in [2.05, 4.69) is 29.5 Å². The lowest BCUT2D eigenvalue weighted by molar-refractivity contribution is 0.0930. The average molecular weight is 372 g/mol. The van der Waals surface area contributed by atoms with Gasteiger partial charge in [0.25, 0.3) is 0 Å². The first-order valence-corrected chi connectivity index (χ1v) is 8.54. The minimum atomic E-state index is 0.153. The van der Waals surface area contributed by atoms with Crippen molar-refractivity contribution in [1.82, 2.24) is 0 Å². The van der Waals surface area contributed by atoms with Crippen LogP contribution in [0.15, 0.2) is 12.1 Å². The number of hydrogen-bond donors (Lipinski definition) is 0. The van der Waals surface area contributed by atoms with Crippen molar-refractivity contribution in [2.75, 3.05) is 11.5 Å². The molecule has 1 atom stereocenters. The van der Waals surface area contributed by atoms with Crippen LogP contribution in [-0.4, -0.2) is 17.3 Å². The Morgan fingerprint density at radius 1 is 1.32 bits per heavy atom. The Balaban J connectivity index is 2.44. The number of alkyl halides is 1. The monoisotopic (exact) mass is 372 g/mol. The van der Waals surface area contributed by atoms with Gasteiger partial charge in [0, 0.05) is 15.9 Å². The molecule has 0 spiro atoms. The molecule has 1 aliphatic carbocycles. The first-order valence-electron chi connectivity index (χ1n) is 7.01. The van der Waals surface area contributed by atoms with E-state index >= 15 is 0 Å². The Morgan fingerprint density at radius 2 is 2.00 bits per heavy atom. The predicted molar refractivity (Wildman–Crippen MR) is 86.6 cm³/mol. The summed E-state index contributed by atoms with van der Waals surface area (Å²) in [4.78, 5) is 12.6. The summed E-state index contributed by atoms with van der Waals surface area (Å²) in [5.41, 5.74) is 3.46. The molecule has 0 heterocycles. The zero-order valence-corrected chi connectivity index (χ0v) is 13.8. The standard InChI is InChI=1S/C16H21IO2/c1-3-11(10-17)16(18)14-8-9-15(19-2)13-7-5-4-6-12(13)14/h8-9,11H,3-7,10H2,1-2H3. The molecule has 1 aliphatic rings. The molecular formula is C16H21IO2. The number of benzene rings is 1. The van der Waals surface area contributed by atoms with Crippen LogP contribution in [0, 0.1) is 5.92 Å². The highest BCUT2D eigenvalue weighted by Crippen LogP contribution is 2.33. The van der Waals surface area contributed by atoms with Crippen molar-refractivity contribution in [3.63, 3.8) is 0 Å². The van der Waals surface area contributed by atoms with Crippen molar-refractivity contribution in [3.8, 4) is 5.75 Å². The van der Waals surface area contributed by atoms with Crippen molar-refractivity contribution in [1.29, 1.82) is 0 Å². The summed E-state index contributed by atoms with van der Waals surface area (Å²) in [6, 6.07) is 3.94. The van der Waals surface area contributed by atoms with Gasteiger partial charge in [-0.25, -0.2) is 0 Å². The fraction of sp³-hybridized carbons (Fsp3) is 0.562. The lowest BCUT2D eigenvalue weighted by atomic mass is 9.84. The van der Waals surface area contributed by atoms with E-state index in [1.807, 2.05) is 12.1 Å². The van der Waals surface area contributed by atoms with Gasteiger partial charge in [0.2, 0.25) is 0 Å². The topological polar surface area (TPSA) is 26.3 Å². The SMILES string of the molecule is CCC(CI)C(=O)c1ccc(OC)c2c1CCCC2. The van der Waals surface area contributed by atoms with Crippen molar-refractivity contribution >= 4 is 28.4 Å². The summed E-state index contributed by atoms with van der Waals surface area (Å²) < 4.78 is 6.34. The first-order chi connectivity index (χ1) is 9.22. The van der Waals surface area contributed by atoms with Crippen molar-refractivity contribution in [3.05, 3.63) is 28.8 Å². The maximum Gasteiger partial charge on any atom is 0.166 e. The number of methoxy groups -OCH3 is 1.